The van der Waals surface area contributed by atoms with Gasteiger partial charge in [-0.25, -0.2) is 0 Å². The Morgan fingerprint density at radius 2 is 1.84 bits per heavy atom. The quantitative estimate of drug-likeness (QED) is 0.744. The molecule has 1 heterocycles. The van der Waals surface area contributed by atoms with E-state index in [1.165, 1.54) is 22.0 Å². The standard InChI is InChI=1S/C17H16NO/c1-19-15-10-7-13(8-11-15)6-9-14-12-18-17-5-3-2-4-16(14)17/h2-5,7-12,18H,6H2,1H3. The van der Waals surface area contributed by atoms with Gasteiger partial charge in [0.2, 0.25) is 0 Å². The third kappa shape index (κ3) is 2.48. The van der Waals surface area contributed by atoms with Crippen molar-refractivity contribution in [2.75, 3.05) is 7.11 Å². The zero-order chi connectivity index (χ0) is 13.1. The van der Waals surface area contributed by atoms with Crippen LogP contribution in [0.4, 0.5) is 0 Å². The van der Waals surface area contributed by atoms with E-state index in [4.69, 9.17) is 4.74 Å². The molecule has 0 amide bonds. The normalized spacial score (nSPS) is 10.8. The first-order chi connectivity index (χ1) is 9.36. The molecule has 0 atom stereocenters. The van der Waals surface area contributed by atoms with E-state index >= 15 is 0 Å². The molecule has 0 aliphatic carbocycles. The number of H-pyrrole nitrogens is 1. The van der Waals surface area contributed by atoms with Crippen molar-refractivity contribution in [3.05, 3.63) is 72.3 Å². The van der Waals surface area contributed by atoms with E-state index < -0.39 is 0 Å². The van der Waals surface area contributed by atoms with Crippen molar-refractivity contribution in [1.82, 2.24) is 4.98 Å². The van der Waals surface area contributed by atoms with Crippen LogP contribution in [0, 0.1) is 6.42 Å². The predicted octanol–water partition coefficient (Wildman–Crippen LogP) is 3.97. The van der Waals surface area contributed by atoms with Gasteiger partial charge in [0.15, 0.2) is 0 Å². The summed E-state index contributed by atoms with van der Waals surface area (Å²) in [6.07, 6.45) is 5.24. The maximum absolute atomic E-state index is 5.16. The first-order valence-corrected chi connectivity index (χ1v) is 6.39. The number of ether oxygens (including phenoxy) is 1. The summed E-state index contributed by atoms with van der Waals surface area (Å²) in [5.41, 5.74) is 3.72. The number of hydrogen-bond acceptors (Lipinski definition) is 1. The van der Waals surface area contributed by atoms with Crippen LogP contribution in [-0.2, 0) is 6.42 Å². The number of benzene rings is 2. The van der Waals surface area contributed by atoms with Crippen LogP contribution in [-0.4, -0.2) is 12.1 Å². The molecule has 95 valence electrons. The molecule has 2 aromatic carbocycles. The SMILES string of the molecule is COc1ccc(C[CH]c2c[nH]c3ccccc23)cc1. The Kier molecular flexibility index (Phi) is 3.23. The van der Waals surface area contributed by atoms with Gasteiger partial charge in [-0.15, -0.1) is 0 Å². The van der Waals surface area contributed by atoms with E-state index in [2.05, 4.69) is 47.9 Å². The Hall–Kier alpha value is -2.22. The molecular weight excluding hydrogens is 234 g/mol. The predicted molar refractivity (Wildman–Crippen MR) is 78.4 cm³/mol. The van der Waals surface area contributed by atoms with E-state index in [-0.39, 0.29) is 0 Å². The van der Waals surface area contributed by atoms with Gasteiger partial charge in [0.1, 0.15) is 5.75 Å². The van der Waals surface area contributed by atoms with Crippen molar-refractivity contribution < 1.29 is 4.74 Å². The summed E-state index contributed by atoms with van der Waals surface area (Å²) < 4.78 is 5.16. The topological polar surface area (TPSA) is 25.0 Å². The van der Waals surface area contributed by atoms with Gasteiger partial charge < -0.3 is 9.72 Å². The highest BCUT2D eigenvalue weighted by molar-refractivity contribution is 5.84. The largest absolute Gasteiger partial charge is 0.497 e. The molecule has 2 nitrogen and oxygen atoms in total. The average Bonchev–Trinajstić information content (AvgIpc) is 2.89. The second kappa shape index (κ2) is 5.19. The molecule has 1 radical (unpaired) electrons. The molecule has 0 bridgehead atoms. The Bertz CT molecular complexity index is 667. The molecular formula is C17H16NO. The first kappa shape index (κ1) is 11.8. The number of hydrogen-bond donors (Lipinski definition) is 1. The van der Waals surface area contributed by atoms with E-state index in [0.717, 1.165) is 12.2 Å². The fraction of sp³-hybridized carbons (Fsp3) is 0.118. The summed E-state index contributed by atoms with van der Waals surface area (Å²) in [6.45, 7) is 0. The lowest BCUT2D eigenvalue weighted by Gasteiger charge is -2.03. The molecule has 0 aliphatic rings. The molecule has 0 saturated heterocycles. The number of para-hydroxylation sites is 1. The fourth-order valence-electron chi connectivity index (χ4n) is 2.25. The van der Waals surface area contributed by atoms with Gasteiger partial charge in [-0.05, 0) is 42.2 Å². The van der Waals surface area contributed by atoms with Crippen LogP contribution in [0.25, 0.3) is 10.9 Å². The van der Waals surface area contributed by atoms with Crippen LogP contribution in [0.1, 0.15) is 11.1 Å². The molecule has 0 fully saturated rings. The monoisotopic (exact) mass is 250 g/mol. The van der Waals surface area contributed by atoms with Gasteiger partial charge >= 0.3 is 0 Å². The van der Waals surface area contributed by atoms with Crippen molar-refractivity contribution >= 4 is 10.9 Å². The minimum Gasteiger partial charge on any atom is -0.497 e. The van der Waals surface area contributed by atoms with E-state index in [0.29, 0.717) is 0 Å². The molecule has 3 rings (SSSR count). The Labute approximate surface area is 113 Å². The lowest BCUT2D eigenvalue weighted by molar-refractivity contribution is 0.414. The highest BCUT2D eigenvalue weighted by Crippen LogP contribution is 2.21. The molecule has 19 heavy (non-hydrogen) atoms. The van der Waals surface area contributed by atoms with Crippen LogP contribution in [0.5, 0.6) is 5.75 Å². The number of rotatable bonds is 4. The number of methoxy groups -OCH3 is 1. The molecule has 3 aromatic rings. The summed E-state index contributed by atoms with van der Waals surface area (Å²) in [4.78, 5) is 3.29. The zero-order valence-corrected chi connectivity index (χ0v) is 10.9. The maximum Gasteiger partial charge on any atom is 0.118 e. The van der Waals surface area contributed by atoms with Crippen molar-refractivity contribution in [3.8, 4) is 5.75 Å². The molecule has 0 unspecified atom stereocenters. The molecule has 0 aliphatic heterocycles. The number of fused-ring (bicyclic) bond motifs is 1. The van der Waals surface area contributed by atoms with Gasteiger partial charge in [-0.1, -0.05) is 30.3 Å². The molecule has 0 saturated carbocycles. The van der Waals surface area contributed by atoms with Gasteiger partial charge in [-0.2, -0.15) is 0 Å². The van der Waals surface area contributed by atoms with Crippen molar-refractivity contribution in [2.45, 2.75) is 6.42 Å². The smallest absolute Gasteiger partial charge is 0.118 e. The van der Waals surface area contributed by atoms with E-state index in [1.54, 1.807) is 7.11 Å². The van der Waals surface area contributed by atoms with Crippen molar-refractivity contribution in [3.63, 3.8) is 0 Å². The van der Waals surface area contributed by atoms with Crippen molar-refractivity contribution in [1.29, 1.82) is 0 Å². The summed E-state index contributed by atoms with van der Waals surface area (Å²) in [5.74, 6) is 0.899. The molecule has 2 heteroatoms. The Balaban J connectivity index is 1.74. The van der Waals surface area contributed by atoms with Crippen LogP contribution < -0.4 is 4.74 Å². The van der Waals surface area contributed by atoms with Crippen LogP contribution in [0.3, 0.4) is 0 Å². The molecule has 1 aromatic heterocycles. The number of nitrogens with one attached hydrogen (secondary N) is 1. The summed E-state index contributed by atoms with van der Waals surface area (Å²) in [6, 6.07) is 16.6. The fourth-order valence-corrected chi connectivity index (χ4v) is 2.25. The maximum atomic E-state index is 5.16. The summed E-state index contributed by atoms with van der Waals surface area (Å²) in [7, 11) is 1.69. The van der Waals surface area contributed by atoms with Gasteiger partial charge in [-0.3, -0.25) is 0 Å². The summed E-state index contributed by atoms with van der Waals surface area (Å²) in [5, 5.41) is 1.27. The third-order valence-corrected chi connectivity index (χ3v) is 3.34. The minimum absolute atomic E-state index is 0.899. The average molecular weight is 250 g/mol. The van der Waals surface area contributed by atoms with Gasteiger partial charge in [0, 0.05) is 17.1 Å². The van der Waals surface area contributed by atoms with E-state index in [1.807, 2.05) is 18.2 Å². The number of aromatic nitrogens is 1. The third-order valence-electron chi connectivity index (χ3n) is 3.34. The first-order valence-electron chi connectivity index (χ1n) is 6.39. The minimum atomic E-state index is 0.899. The van der Waals surface area contributed by atoms with Gasteiger partial charge in [0.05, 0.1) is 7.11 Å². The lowest BCUT2D eigenvalue weighted by atomic mass is 10.0. The second-order valence-electron chi connectivity index (χ2n) is 4.55. The Morgan fingerprint density at radius 1 is 1.05 bits per heavy atom. The molecule has 1 N–H and O–H groups in total. The van der Waals surface area contributed by atoms with E-state index in [9.17, 15) is 0 Å². The van der Waals surface area contributed by atoms with Crippen LogP contribution in [0.15, 0.2) is 54.7 Å². The number of aromatic amines is 1. The Morgan fingerprint density at radius 3 is 2.63 bits per heavy atom. The highest BCUT2D eigenvalue weighted by Gasteiger charge is 2.03. The molecule has 0 spiro atoms. The van der Waals surface area contributed by atoms with Gasteiger partial charge in [0.25, 0.3) is 0 Å². The second-order valence-corrected chi connectivity index (χ2v) is 4.55. The zero-order valence-electron chi connectivity index (χ0n) is 10.9. The highest BCUT2D eigenvalue weighted by atomic mass is 16.5. The lowest BCUT2D eigenvalue weighted by Crippen LogP contribution is -1.88. The van der Waals surface area contributed by atoms with Crippen LogP contribution >= 0.6 is 0 Å². The van der Waals surface area contributed by atoms with Crippen LogP contribution in [0.2, 0.25) is 0 Å². The van der Waals surface area contributed by atoms with Crippen molar-refractivity contribution in [2.24, 2.45) is 0 Å². The summed E-state index contributed by atoms with van der Waals surface area (Å²) >= 11 is 0.